The molecule has 68 heavy (non-hydrogen) atoms. The molecule has 0 aliphatic carbocycles. The maximum atomic E-state index is 13.9. The highest BCUT2D eigenvalue weighted by atomic mass is 19.4. The van der Waals surface area contributed by atoms with Gasteiger partial charge in [-0.2, -0.15) is 23.4 Å². The molecule has 5 N–H and O–H groups in total. The first kappa shape index (κ1) is 47.3. The van der Waals surface area contributed by atoms with Crippen molar-refractivity contribution >= 4 is 57.6 Å². The van der Waals surface area contributed by atoms with Crippen molar-refractivity contribution in [1.82, 2.24) is 48.9 Å². The summed E-state index contributed by atoms with van der Waals surface area (Å²) in [6, 6.07) is 9.66. The molecule has 2 aliphatic heterocycles. The van der Waals surface area contributed by atoms with Gasteiger partial charge >= 0.3 is 6.18 Å². The zero-order valence-electron chi connectivity index (χ0n) is 38.3. The van der Waals surface area contributed by atoms with Gasteiger partial charge in [0.25, 0.3) is 17.7 Å². The number of likely N-dealkylation sites (tertiary alicyclic amines) is 1. The van der Waals surface area contributed by atoms with Crippen LogP contribution in [0.4, 0.5) is 25.1 Å². The highest BCUT2D eigenvalue weighted by Crippen LogP contribution is 2.35. The minimum absolute atomic E-state index is 0.0586. The van der Waals surface area contributed by atoms with E-state index in [0.717, 1.165) is 0 Å². The average Bonchev–Trinajstić information content (AvgIpc) is 4.07. The van der Waals surface area contributed by atoms with Gasteiger partial charge in [-0.15, -0.1) is 0 Å². The van der Waals surface area contributed by atoms with Gasteiger partial charge < -0.3 is 34.6 Å². The van der Waals surface area contributed by atoms with Crippen molar-refractivity contribution in [3.8, 4) is 11.5 Å². The van der Waals surface area contributed by atoms with Crippen LogP contribution in [-0.4, -0.2) is 113 Å². The summed E-state index contributed by atoms with van der Waals surface area (Å²) in [4.78, 5) is 65.5. The molecule has 2 aromatic carbocycles. The van der Waals surface area contributed by atoms with Crippen LogP contribution in [0.5, 0.6) is 11.5 Å². The van der Waals surface area contributed by atoms with E-state index < -0.39 is 35.7 Å². The van der Waals surface area contributed by atoms with Crippen LogP contribution in [-0.2, 0) is 26.2 Å². The third kappa shape index (κ3) is 10.2. The number of allylic oxidation sites excluding steroid dienone is 2. The molecule has 4 aromatic heterocycles. The van der Waals surface area contributed by atoms with Crippen LogP contribution >= 0.6 is 0 Å². The Morgan fingerprint density at radius 2 is 1.24 bits per heavy atom. The van der Waals surface area contributed by atoms with E-state index in [0.29, 0.717) is 102 Å². The largest absolute Gasteiger partial charge is 0.491 e. The molecule has 6 aromatic rings. The van der Waals surface area contributed by atoms with Crippen molar-refractivity contribution in [2.45, 2.75) is 85.7 Å². The number of benzene rings is 2. The summed E-state index contributed by atoms with van der Waals surface area (Å²) in [5.74, 6) is -2.32. The van der Waals surface area contributed by atoms with Crippen molar-refractivity contribution in [2.24, 2.45) is 11.7 Å². The van der Waals surface area contributed by atoms with Crippen LogP contribution in [0.25, 0.3) is 22.1 Å². The number of primary amides is 1. The van der Waals surface area contributed by atoms with E-state index in [9.17, 15) is 32.3 Å². The maximum Gasteiger partial charge on any atom is 0.391 e. The lowest BCUT2D eigenvalue weighted by Crippen LogP contribution is -2.40. The summed E-state index contributed by atoms with van der Waals surface area (Å²) in [5.41, 5.74) is 9.84. The summed E-state index contributed by atoms with van der Waals surface area (Å²) < 4.78 is 59.0. The molecule has 22 heteroatoms. The number of carbonyl (C=O) groups is 4. The number of nitrogens with two attached hydrogens (primary N) is 1. The minimum Gasteiger partial charge on any atom is -0.491 e. The smallest absolute Gasteiger partial charge is 0.391 e. The number of aromatic nitrogens is 8. The Hall–Kier alpha value is -7.23. The summed E-state index contributed by atoms with van der Waals surface area (Å²) in [6.45, 7) is 10.3. The topological polar surface area (TPSA) is 223 Å². The van der Waals surface area contributed by atoms with Crippen molar-refractivity contribution in [3.63, 3.8) is 0 Å². The molecule has 1 fully saturated rings. The number of nitrogens with zero attached hydrogens (tertiary/aromatic N) is 9. The first-order chi connectivity index (χ1) is 32.6. The molecule has 2 aliphatic rings. The molecule has 0 radical (unpaired) electrons. The Balaban J connectivity index is 1.11. The lowest BCUT2D eigenvalue weighted by atomic mass is 9.96. The zero-order chi connectivity index (χ0) is 48.3. The third-order valence-electron chi connectivity index (χ3n) is 12.0. The van der Waals surface area contributed by atoms with Gasteiger partial charge in [0.1, 0.15) is 33.9 Å². The summed E-state index contributed by atoms with van der Waals surface area (Å²) >= 11 is 0. The number of hydrogen-bond donors (Lipinski definition) is 4. The van der Waals surface area contributed by atoms with Crippen molar-refractivity contribution in [1.29, 1.82) is 0 Å². The van der Waals surface area contributed by atoms with E-state index in [1.807, 2.05) is 30.9 Å². The Morgan fingerprint density at radius 3 is 1.72 bits per heavy atom. The quantitative estimate of drug-likeness (QED) is 0.0842. The van der Waals surface area contributed by atoms with Gasteiger partial charge in [-0.05, 0) is 103 Å². The SMILES string of the molecule is CCn1nc(C)cc1C(=O)Nc1nc2cc(C(N)=O)cc3c2n1C/C=C/Cn1c(NC(=O)c2cc(C)nn2CC)nc2cc(C(=O)NCCCN4CCC(C(F)(F)F)CC4)cc(c21)OCCCO3. The van der Waals surface area contributed by atoms with E-state index in [1.165, 1.54) is 12.1 Å². The van der Waals surface area contributed by atoms with Gasteiger partial charge in [0.2, 0.25) is 17.8 Å². The molecular weight excluding hydrogens is 888 g/mol. The Kier molecular flexibility index (Phi) is 13.9. The molecule has 19 nitrogen and oxygen atoms in total. The lowest BCUT2D eigenvalue weighted by Gasteiger charge is -2.32. The Bertz CT molecular complexity index is 2900. The minimum atomic E-state index is -4.19. The van der Waals surface area contributed by atoms with Gasteiger partial charge in [0.15, 0.2) is 0 Å². The number of alkyl halides is 3. The number of anilines is 2. The van der Waals surface area contributed by atoms with Gasteiger partial charge in [-0.1, -0.05) is 12.2 Å². The summed E-state index contributed by atoms with van der Waals surface area (Å²) in [5, 5.41) is 17.7. The van der Waals surface area contributed by atoms with Crippen molar-refractivity contribution in [3.05, 3.63) is 82.5 Å². The second kappa shape index (κ2) is 19.9. The van der Waals surface area contributed by atoms with E-state index >= 15 is 0 Å². The van der Waals surface area contributed by atoms with Crippen LogP contribution in [0.1, 0.15) is 92.6 Å². The molecular formula is C46H54F3N13O6. The second-order valence-electron chi connectivity index (χ2n) is 16.8. The number of carbonyl (C=O) groups excluding carboxylic acids is 4. The van der Waals surface area contributed by atoms with Gasteiger partial charge in [-0.3, -0.25) is 39.2 Å². The normalized spacial score (nSPS) is 15.6. The van der Waals surface area contributed by atoms with E-state index in [2.05, 4.69) is 26.1 Å². The maximum absolute atomic E-state index is 13.9. The number of halogens is 3. The summed E-state index contributed by atoms with van der Waals surface area (Å²) in [7, 11) is 0. The molecule has 0 spiro atoms. The second-order valence-corrected chi connectivity index (χ2v) is 16.8. The number of nitrogens with one attached hydrogen (secondary N) is 3. The molecule has 0 saturated carbocycles. The standard InChI is InChI=1S/C46H54F3N13O6/c1-5-61-34(21-27(3)56-61)42(65)54-44-52-32-23-29(40(50)63)25-36-38(32)59(44)15-7-8-16-60-39-33(53-45(60)55-43(66)35-22-28(4)57-62(35)6-2)24-30(26-37(39)68-20-10-19-67-36)41(64)51-13-9-14-58-17-11-31(12-18-58)46(47,48)49/h7-8,21-26,31H,5-6,9-20H2,1-4H3,(H2,50,63)(H,51,64)(H,52,54,65)(H,53,55,66)/b8-7+. The van der Waals surface area contributed by atoms with Gasteiger partial charge in [0, 0.05) is 50.3 Å². The fourth-order valence-corrected chi connectivity index (χ4v) is 8.64. The van der Waals surface area contributed by atoms with Crippen molar-refractivity contribution < 1.29 is 41.8 Å². The molecule has 0 atom stereocenters. The van der Waals surface area contributed by atoms with Crippen LogP contribution in [0.2, 0.25) is 0 Å². The van der Waals surface area contributed by atoms with E-state index in [4.69, 9.17) is 25.2 Å². The number of amides is 4. The van der Waals surface area contributed by atoms with E-state index in [1.54, 1.807) is 56.6 Å². The third-order valence-corrected chi connectivity index (χ3v) is 12.0. The van der Waals surface area contributed by atoms with Crippen LogP contribution in [0.3, 0.4) is 0 Å². The Morgan fingerprint density at radius 1 is 0.735 bits per heavy atom. The number of rotatable bonds is 12. The predicted molar refractivity (Wildman–Crippen MR) is 246 cm³/mol. The van der Waals surface area contributed by atoms with Crippen LogP contribution in [0.15, 0.2) is 48.6 Å². The first-order valence-electron chi connectivity index (χ1n) is 22.7. The highest BCUT2D eigenvalue weighted by molar-refractivity contribution is 6.05. The number of imidazole rings is 2. The molecule has 360 valence electrons. The van der Waals surface area contributed by atoms with Crippen LogP contribution < -0.4 is 31.2 Å². The molecule has 6 heterocycles. The zero-order valence-corrected chi connectivity index (χ0v) is 38.3. The monoisotopic (exact) mass is 941 g/mol. The van der Waals surface area contributed by atoms with Gasteiger partial charge in [-0.25, -0.2) is 9.97 Å². The lowest BCUT2D eigenvalue weighted by molar-refractivity contribution is -0.185. The van der Waals surface area contributed by atoms with Crippen molar-refractivity contribution in [2.75, 3.05) is 50.0 Å². The highest BCUT2D eigenvalue weighted by Gasteiger charge is 2.41. The molecule has 0 bridgehead atoms. The molecule has 4 amide bonds. The molecule has 0 unspecified atom stereocenters. The van der Waals surface area contributed by atoms with Gasteiger partial charge in [0.05, 0.1) is 41.6 Å². The average molecular weight is 942 g/mol. The Labute approximate surface area is 388 Å². The van der Waals surface area contributed by atoms with E-state index in [-0.39, 0.29) is 68.7 Å². The fourth-order valence-electron chi connectivity index (χ4n) is 8.64. The number of piperidine rings is 1. The number of ether oxygens (including phenoxy) is 2. The predicted octanol–water partition coefficient (Wildman–Crippen LogP) is 5.85. The first-order valence-corrected chi connectivity index (χ1v) is 22.7. The summed E-state index contributed by atoms with van der Waals surface area (Å²) in [6.07, 6.45) is 0.480. The molecule has 8 rings (SSSR count). The molecule has 1 saturated heterocycles. The number of aryl methyl sites for hydroxylation is 4. The fraction of sp³-hybridized carbons (Fsp3) is 0.435. The number of hydrogen-bond acceptors (Lipinski definition) is 11. The van der Waals surface area contributed by atoms with Crippen LogP contribution in [0, 0.1) is 19.8 Å².